The van der Waals surface area contributed by atoms with Crippen molar-refractivity contribution in [1.82, 2.24) is 20.1 Å². The van der Waals surface area contributed by atoms with Crippen LogP contribution in [-0.4, -0.2) is 46.0 Å². The summed E-state index contributed by atoms with van der Waals surface area (Å²) in [6.45, 7) is 5.25. The standard InChI is InChI=1S/C16H20N4O4/c1-3-20-7-11(5-18-20)24-14-9-23-8-13(14)19-16(22)12-6-17-15(21)4-10(12)2/h4-7,13-14H,3,8-9H2,1-2H3,(H,17,21)(H,19,22)/t13-,14+/m0/s1. The molecule has 0 aliphatic carbocycles. The van der Waals surface area contributed by atoms with Crippen molar-refractivity contribution in [1.29, 1.82) is 0 Å². The van der Waals surface area contributed by atoms with Gasteiger partial charge in [0.25, 0.3) is 5.91 Å². The number of hydrogen-bond acceptors (Lipinski definition) is 5. The number of aryl methyl sites for hydroxylation is 2. The summed E-state index contributed by atoms with van der Waals surface area (Å²) in [4.78, 5) is 26.2. The molecule has 1 aliphatic rings. The Morgan fingerprint density at radius 2 is 2.38 bits per heavy atom. The van der Waals surface area contributed by atoms with Crippen LogP contribution in [0.3, 0.4) is 0 Å². The number of carbonyl (C=O) groups excluding carboxylic acids is 1. The summed E-state index contributed by atoms with van der Waals surface area (Å²) in [6.07, 6.45) is 4.59. The van der Waals surface area contributed by atoms with Crippen LogP contribution in [0.1, 0.15) is 22.8 Å². The molecule has 8 heteroatoms. The second-order valence-corrected chi connectivity index (χ2v) is 5.70. The minimum atomic E-state index is -0.286. The molecule has 0 spiro atoms. The van der Waals surface area contributed by atoms with Gasteiger partial charge in [-0.25, -0.2) is 0 Å². The Hall–Kier alpha value is -2.61. The molecular weight excluding hydrogens is 312 g/mol. The summed E-state index contributed by atoms with van der Waals surface area (Å²) in [5.74, 6) is 0.379. The van der Waals surface area contributed by atoms with Gasteiger partial charge in [-0.3, -0.25) is 14.3 Å². The van der Waals surface area contributed by atoms with Gasteiger partial charge in [-0.05, 0) is 19.4 Å². The smallest absolute Gasteiger partial charge is 0.253 e. The zero-order chi connectivity index (χ0) is 17.1. The highest BCUT2D eigenvalue weighted by Crippen LogP contribution is 2.17. The lowest BCUT2D eigenvalue weighted by molar-refractivity contribution is 0.0903. The number of amides is 1. The Morgan fingerprint density at radius 3 is 3.08 bits per heavy atom. The minimum absolute atomic E-state index is 0.234. The molecule has 3 heterocycles. The van der Waals surface area contributed by atoms with Crippen LogP contribution in [0, 0.1) is 6.92 Å². The zero-order valence-electron chi connectivity index (χ0n) is 13.6. The van der Waals surface area contributed by atoms with Gasteiger partial charge in [0.05, 0.1) is 37.2 Å². The van der Waals surface area contributed by atoms with Crippen molar-refractivity contribution in [3.05, 3.63) is 46.1 Å². The topological polar surface area (TPSA) is 98.2 Å². The van der Waals surface area contributed by atoms with E-state index >= 15 is 0 Å². The lowest BCUT2D eigenvalue weighted by Crippen LogP contribution is -2.45. The molecule has 1 amide bonds. The lowest BCUT2D eigenvalue weighted by Gasteiger charge is -2.20. The van der Waals surface area contributed by atoms with Crippen LogP contribution in [0.2, 0.25) is 0 Å². The molecule has 0 saturated carbocycles. The molecule has 1 saturated heterocycles. The van der Waals surface area contributed by atoms with Gasteiger partial charge in [0.2, 0.25) is 5.56 Å². The van der Waals surface area contributed by atoms with Crippen molar-refractivity contribution < 1.29 is 14.3 Å². The van der Waals surface area contributed by atoms with Crippen LogP contribution in [-0.2, 0) is 11.3 Å². The quantitative estimate of drug-likeness (QED) is 0.830. The normalized spacial score (nSPS) is 20.1. The van der Waals surface area contributed by atoms with Gasteiger partial charge in [0.1, 0.15) is 6.10 Å². The van der Waals surface area contributed by atoms with Crippen LogP contribution < -0.4 is 15.6 Å². The van der Waals surface area contributed by atoms with Crippen LogP contribution in [0.4, 0.5) is 0 Å². The summed E-state index contributed by atoms with van der Waals surface area (Å²) in [5.41, 5.74) is 0.818. The number of H-pyrrole nitrogens is 1. The molecule has 0 radical (unpaired) electrons. The number of nitrogens with zero attached hydrogens (tertiary/aromatic N) is 2. The molecule has 2 aromatic heterocycles. The third-order valence-corrected chi connectivity index (χ3v) is 3.94. The van der Waals surface area contributed by atoms with Crippen molar-refractivity contribution in [3.63, 3.8) is 0 Å². The van der Waals surface area contributed by atoms with Gasteiger partial charge in [0, 0.05) is 18.8 Å². The number of ether oxygens (including phenoxy) is 2. The first kappa shape index (κ1) is 16.3. The Morgan fingerprint density at radius 1 is 1.54 bits per heavy atom. The van der Waals surface area contributed by atoms with E-state index in [4.69, 9.17) is 9.47 Å². The van der Waals surface area contributed by atoms with E-state index in [0.29, 0.717) is 30.1 Å². The number of aromatic nitrogens is 3. The number of aromatic amines is 1. The largest absolute Gasteiger partial charge is 0.482 e. The monoisotopic (exact) mass is 332 g/mol. The molecule has 1 fully saturated rings. The highest BCUT2D eigenvalue weighted by atomic mass is 16.5. The third-order valence-electron chi connectivity index (χ3n) is 3.94. The van der Waals surface area contributed by atoms with Crippen LogP contribution in [0.5, 0.6) is 5.75 Å². The molecule has 1 aliphatic heterocycles. The van der Waals surface area contributed by atoms with E-state index in [1.54, 1.807) is 17.8 Å². The summed E-state index contributed by atoms with van der Waals surface area (Å²) in [5, 5.41) is 7.07. The summed E-state index contributed by atoms with van der Waals surface area (Å²) >= 11 is 0. The van der Waals surface area contributed by atoms with Crippen molar-refractivity contribution in [2.75, 3.05) is 13.2 Å². The summed E-state index contributed by atoms with van der Waals surface area (Å²) < 4.78 is 13.1. The number of pyridine rings is 1. The summed E-state index contributed by atoms with van der Waals surface area (Å²) in [7, 11) is 0. The molecule has 8 nitrogen and oxygen atoms in total. The number of carbonyl (C=O) groups is 1. The van der Waals surface area contributed by atoms with Crippen molar-refractivity contribution >= 4 is 5.91 Å². The van der Waals surface area contributed by atoms with Crippen molar-refractivity contribution in [2.24, 2.45) is 0 Å². The van der Waals surface area contributed by atoms with E-state index in [2.05, 4.69) is 15.4 Å². The minimum Gasteiger partial charge on any atom is -0.482 e. The fraction of sp³-hybridized carbons (Fsp3) is 0.438. The van der Waals surface area contributed by atoms with Gasteiger partial charge >= 0.3 is 0 Å². The number of hydrogen-bond donors (Lipinski definition) is 2. The first-order valence-corrected chi connectivity index (χ1v) is 7.84. The lowest BCUT2D eigenvalue weighted by atomic mass is 10.1. The molecule has 3 rings (SSSR count). The summed E-state index contributed by atoms with van der Waals surface area (Å²) in [6, 6.07) is 1.13. The highest BCUT2D eigenvalue weighted by Gasteiger charge is 2.32. The van der Waals surface area contributed by atoms with Gasteiger partial charge in [-0.15, -0.1) is 0 Å². The van der Waals surface area contributed by atoms with Gasteiger partial charge < -0.3 is 19.8 Å². The fourth-order valence-electron chi connectivity index (χ4n) is 2.60. The van der Waals surface area contributed by atoms with E-state index in [1.807, 2.05) is 13.1 Å². The molecule has 2 N–H and O–H groups in total. The number of nitrogens with one attached hydrogen (secondary N) is 2. The SMILES string of the molecule is CCn1cc(O[C@@H]2COC[C@@H]2NC(=O)c2c[nH]c(=O)cc2C)cn1. The van der Waals surface area contributed by atoms with E-state index in [0.717, 1.165) is 6.54 Å². The van der Waals surface area contributed by atoms with Crippen molar-refractivity contribution in [2.45, 2.75) is 32.5 Å². The maximum atomic E-state index is 12.4. The van der Waals surface area contributed by atoms with E-state index in [1.165, 1.54) is 12.3 Å². The molecule has 2 aromatic rings. The molecule has 0 unspecified atom stereocenters. The molecular formula is C16H20N4O4. The maximum Gasteiger partial charge on any atom is 0.253 e. The fourth-order valence-corrected chi connectivity index (χ4v) is 2.60. The van der Waals surface area contributed by atoms with E-state index in [9.17, 15) is 9.59 Å². The number of rotatable bonds is 5. The third kappa shape index (κ3) is 3.48. The Balaban J connectivity index is 1.66. The molecule has 0 aromatic carbocycles. The van der Waals surface area contributed by atoms with Gasteiger partial charge in [-0.1, -0.05) is 0 Å². The zero-order valence-corrected chi connectivity index (χ0v) is 13.6. The van der Waals surface area contributed by atoms with Crippen molar-refractivity contribution in [3.8, 4) is 5.75 Å². The van der Waals surface area contributed by atoms with E-state index < -0.39 is 0 Å². The van der Waals surface area contributed by atoms with Crippen LogP contribution in [0.15, 0.2) is 29.5 Å². The Bertz CT molecular complexity index is 782. The second-order valence-electron chi connectivity index (χ2n) is 5.70. The molecule has 2 atom stereocenters. The molecule has 128 valence electrons. The van der Waals surface area contributed by atoms with Crippen LogP contribution in [0.25, 0.3) is 0 Å². The average molecular weight is 332 g/mol. The predicted molar refractivity (Wildman–Crippen MR) is 86.2 cm³/mol. The second kappa shape index (κ2) is 6.88. The first-order valence-electron chi connectivity index (χ1n) is 7.84. The van der Waals surface area contributed by atoms with Crippen LogP contribution >= 0.6 is 0 Å². The van der Waals surface area contributed by atoms with E-state index in [-0.39, 0.29) is 23.6 Å². The predicted octanol–water partition coefficient (Wildman–Crippen LogP) is 0.476. The maximum absolute atomic E-state index is 12.4. The molecule has 24 heavy (non-hydrogen) atoms. The average Bonchev–Trinajstić information content (AvgIpc) is 3.17. The first-order chi connectivity index (χ1) is 11.6. The van der Waals surface area contributed by atoms with Gasteiger partial charge in [0.15, 0.2) is 5.75 Å². The molecule has 0 bridgehead atoms. The Labute approximate surface area is 138 Å². The van der Waals surface area contributed by atoms with Gasteiger partial charge in [-0.2, -0.15) is 5.10 Å². The Kier molecular flexibility index (Phi) is 4.66. The highest BCUT2D eigenvalue weighted by molar-refractivity contribution is 5.95.